The Labute approximate surface area is 195 Å². The Morgan fingerprint density at radius 1 is 1.06 bits per heavy atom. The molecule has 6 nitrogen and oxygen atoms in total. The summed E-state index contributed by atoms with van der Waals surface area (Å²) in [6.45, 7) is 0. The zero-order valence-electron chi connectivity index (χ0n) is 17.2. The third-order valence-electron chi connectivity index (χ3n) is 5.75. The van der Waals surface area contributed by atoms with E-state index in [1.54, 1.807) is 42.6 Å². The average Bonchev–Trinajstić information content (AvgIpc) is 3.22. The number of hydrogen-bond acceptors (Lipinski definition) is 5. The van der Waals surface area contributed by atoms with Gasteiger partial charge in [0.05, 0.1) is 19.9 Å². The van der Waals surface area contributed by atoms with Crippen LogP contribution in [-0.2, 0) is 9.84 Å². The van der Waals surface area contributed by atoms with Crippen LogP contribution in [0.5, 0.6) is 0 Å². The molecule has 0 aliphatic heterocycles. The van der Waals surface area contributed by atoms with Crippen molar-refractivity contribution in [2.24, 2.45) is 5.92 Å². The summed E-state index contributed by atoms with van der Waals surface area (Å²) in [5, 5.41) is 3.02. The Bertz CT molecular complexity index is 1270. The van der Waals surface area contributed by atoms with Crippen molar-refractivity contribution in [2.45, 2.75) is 36.6 Å². The molecule has 1 N–H and O–H groups in total. The van der Waals surface area contributed by atoms with Gasteiger partial charge in [0.15, 0.2) is 9.84 Å². The number of nitrogens with zero attached hydrogens (tertiary/aromatic N) is 1. The molecule has 0 spiro atoms. The Balaban J connectivity index is 1.49. The molecule has 1 saturated carbocycles. The zero-order chi connectivity index (χ0) is 22.7. The number of sulfone groups is 1. The quantitative estimate of drug-likeness (QED) is 0.557. The van der Waals surface area contributed by atoms with Crippen molar-refractivity contribution in [2.75, 3.05) is 5.75 Å². The molecule has 0 saturated heterocycles. The number of hydrogen-bond donors (Lipinski definition) is 1. The normalized spacial score (nSPS) is 18.9. The van der Waals surface area contributed by atoms with E-state index in [9.17, 15) is 18.0 Å². The second-order valence-electron chi connectivity index (χ2n) is 7.91. The molecule has 2 aromatic heterocycles. The second-order valence-corrected chi connectivity index (χ2v) is 11.7. The van der Waals surface area contributed by atoms with Crippen LogP contribution >= 0.6 is 22.9 Å². The van der Waals surface area contributed by atoms with Crippen LogP contribution in [0, 0.1) is 5.92 Å². The van der Waals surface area contributed by atoms with Gasteiger partial charge in [-0.15, -0.1) is 11.3 Å². The standard InChI is InChI=1S/C23H23ClN2O4S2/c24-21-13-12-20(31-21)23(28)25-19-6-2-1-5-16(19)15-32(29,30)18-10-8-17(9-11-18)26-14-4-3-7-22(26)27/h3-4,7-14,16,19H,1-2,5-6,15H2,(H,25,28)/t16-,19?/m1/s1. The lowest BCUT2D eigenvalue weighted by atomic mass is 9.85. The Morgan fingerprint density at radius 2 is 1.81 bits per heavy atom. The molecule has 1 aliphatic rings. The molecule has 3 aromatic rings. The predicted octanol–water partition coefficient (Wildman–Crippen LogP) is 4.31. The Kier molecular flexibility index (Phi) is 6.83. The van der Waals surface area contributed by atoms with Gasteiger partial charge in [0.25, 0.3) is 11.5 Å². The number of halogens is 1. The molecule has 1 unspecified atom stereocenters. The summed E-state index contributed by atoms with van der Waals surface area (Å²) in [7, 11) is -3.56. The predicted molar refractivity (Wildman–Crippen MR) is 127 cm³/mol. The SMILES string of the molecule is O=C(NC1CCCC[C@@H]1CS(=O)(=O)c1ccc(-n2ccccc2=O)cc1)c1ccc(Cl)s1. The van der Waals surface area contributed by atoms with Crippen LogP contribution < -0.4 is 10.9 Å². The highest BCUT2D eigenvalue weighted by Crippen LogP contribution is 2.29. The smallest absolute Gasteiger partial charge is 0.261 e. The molecule has 0 radical (unpaired) electrons. The first-order chi connectivity index (χ1) is 15.3. The fourth-order valence-electron chi connectivity index (χ4n) is 4.11. The number of carbonyl (C=O) groups is 1. The van der Waals surface area contributed by atoms with Crippen molar-refractivity contribution in [3.8, 4) is 5.69 Å². The average molecular weight is 491 g/mol. The van der Waals surface area contributed by atoms with E-state index in [1.165, 1.54) is 34.1 Å². The zero-order valence-corrected chi connectivity index (χ0v) is 19.6. The summed E-state index contributed by atoms with van der Waals surface area (Å²) < 4.78 is 28.2. The number of rotatable bonds is 6. The fraction of sp³-hybridized carbons (Fsp3) is 0.304. The van der Waals surface area contributed by atoms with Crippen LogP contribution in [0.2, 0.25) is 4.34 Å². The van der Waals surface area contributed by atoms with E-state index in [2.05, 4.69) is 5.32 Å². The fourth-order valence-corrected chi connectivity index (χ4v) is 6.76. The van der Waals surface area contributed by atoms with Gasteiger partial charge in [-0.2, -0.15) is 0 Å². The van der Waals surface area contributed by atoms with Crippen molar-refractivity contribution in [1.29, 1.82) is 0 Å². The molecule has 2 heterocycles. The van der Waals surface area contributed by atoms with E-state index < -0.39 is 9.84 Å². The largest absolute Gasteiger partial charge is 0.348 e. The molecular formula is C23H23ClN2O4S2. The maximum atomic E-state index is 13.1. The first-order valence-corrected chi connectivity index (χ1v) is 13.3. The Morgan fingerprint density at radius 3 is 2.50 bits per heavy atom. The number of aromatic nitrogens is 1. The van der Waals surface area contributed by atoms with Crippen LogP contribution in [0.25, 0.3) is 5.69 Å². The maximum absolute atomic E-state index is 13.1. The van der Waals surface area contributed by atoms with Crippen LogP contribution in [0.15, 0.2) is 70.5 Å². The van der Waals surface area contributed by atoms with Gasteiger partial charge in [0, 0.05) is 24.0 Å². The summed E-state index contributed by atoms with van der Waals surface area (Å²) in [6, 6.07) is 14.3. The number of amides is 1. The topological polar surface area (TPSA) is 85.2 Å². The van der Waals surface area contributed by atoms with Crippen molar-refractivity contribution in [1.82, 2.24) is 9.88 Å². The first-order valence-electron chi connectivity index (χ1n) is 10.4. The highest BCUT2D eigenvalue weighted by atomic mass is 35.5. The molecule has 1 amide bonds. The first kappa shape index (κ1) is 22.8. The monoisotopic (exact) mass is 490 g/mol. The molecule has 0 bridgehead atoms. The minimum atomic E-state index is -3.56. The van der Waals surface area contributed by atoms with Gasteiger partial charge >= 0.3 is 0 Å². The number of carbonyl (C=O) groups excluding carboxylic acids is 1. The minimum absolute atomic E-state index is 0.0340. The molecule has 168 valence electrons. The minimum Gasteiger partial charge on any atom is -0.348 e. The van der Waals surface area contributed by atoms with Crippen molar-refractivity contribution in [3.05, 3.63) is 80.4 Å². The number of pyridine rings is 1. The third-order valence-corrected chi connectivity index (χ3v) is 8.84. The van der Waals surface area contributed by atoms with E-state index >= 15 is 0 Å². The van der Waals surface area contributed by atoms with Gasteiger partial charge in [-0.3, -0.25) is 14.2 Å². The van der Waals surface area contributed by atoms with Crippen LogP contribution in [0.1, 0.15) is 35.4 Å². The number of thiophene rings is 1. The number of nitrogens with one attached hydrogen (secondary N) is 1. The summed E-state index contributed by atoms with van der Waals surface area (Å²) in [4.78, 5) is 25.3. The molecule has 1 fully saturated rings. The van der Waals surface area contributed by atoms with E-state index in [1.807, 2.05) is 0 Å². The molecule has 1 aromatic carbocycles. The molecule has 32 heavy (non-hydrogen) atoms. The Hall–Kier alpha value is -2.42. The molecule has 4 rings (SSSR count). The lowest BCUT2D eigenvalue weighted by molar-refractivity contribution is 0.0915. The van der Waals surface area contributed by atoms with E-state index in [0.29, 0.717) is 14.9 Å². The molecule has 2 atom stereocenters. The van der Waals surface area contributed by atoms with E-state index in [-0.39, 0.29) is 34.1 Å². The third kappa shape index (κ3) is 5.14. The van der Waals surface area contributed by atoms with Gasteiger partial charge in [-0.1, -0.05) is 30.5 Å². The lowest BCUT2D eigenvalue weighted by Gasteiger charge is -2.32. The highest BCUT2D eigenvalue weighted by Gasteiger charge is 2.31. The molecular weight excluding hydrogens is 468 g/mol. The van der Waals surface area contributed by atoms with Crippen LogP contribution in [0.3, 0.4) is 0 Å². The summed E-state index contributed by atoms with van der Waals surface area (Å²) >= 11 is 7.14. The second kappa shape index (κ2) is 9.60. The van der Waals surface area contributed by atoms with Gasteiger partial charge in [-0.25, -0.2) is 8.42 Å². The van der Waals surface area contributed by atoms with Gasteiger partial charge < -0.3 is 5.32 Å². The van der Waals surface area contributed by atoms with Crippen molar-refractivity contribution < 1.29 is 13.2 Å². The molecule has 9 heteroatoms. The van der Waals surface area contributed by atoms with Crippen LogP contribution in [0.4, 0.5) is 0 Å². The van der Waals surface area contributed by atoms with E-state index in [0.717, 1.165) is 25.7 Å². The van der Waals surface area contributed by atoms with Crippen molar-refractivity contribution in [3.63, 3.8) is 0 Å². The van der Waals surface area contributed by atoms with Crippen molar-refractivity contribution >= 4 is 38.7 Å². The maximum Gasteiger partial charge on any atom is 0.261 e. The highest BCUT2D eigenvalue weighted by molar-refractivity contribution is 7.91. The van der Waals surface area contributed by atoms with E-state index in [4.69, 9.17) is 11.6 Å². The molecule has 1 aliphatic carbocycles. The van der Waals surface area contributed by atoms with Crippen LogP contribution in [-0.4, -0.2) is 30.7 Å². The summed E-state index contributed by atoms with van der Waals surface area (Å²) in [5.41, 5.74) is 0.419. The van der Waals surface area contributed by atoms with Gasteiger partial charge in [-0.05, 0) is 61.2 Å². The van der Waals surface area contributed by atoms with Gasteiger partial charge in [0.2, 0.25) is 0 Å². The summed E-state index contributed by atoms with van der Waals surface area (Å²) in [5.74, 6) is -0.410. The van der Waals surface area contributed by atoms with Gasteiger partial charge in [0.1, 0.15) is 0 Å². The lowest BCUT2D eigenvalue weighted by Crippen LogP contribution is -2.44. The summed E-state index contributed by atoms with van der Waals surface area (Å²) in [6.07, 6.45) is 5.02. The number of benzene rings is 1.